The fourth-order valence-corrected chi connectivity index (χ4v) is 3.04. The highest BCUT2D eigenvalue weighted by molar-refractivity contribution is 5.22. The van der Waals surface area contributed by atoms with E-state index in [0.29, 0.717) is 18.8 Å². The Hall–Kier alpha value is -2.51. The van der Waals surface area contributed by atoms with Gasteiger partial charge in [0.25, 0.3) is 0 Å². The average molecular weight is 355 g/mol. The molecular formula is C19H25N5O2. The second kappa shape index (κ2) is 8.25. The lowest BCUT2D eigenvalue weighted by molar-refractivity contribution is 0.208. The van der Waals surface area contributed by atoms with E-state index in [1.165, 1.54) is 0 Å². The molecule has 2 aromatic heterocycles. The van der Waals surface area contributed by atoms with Crippen molar-refractivity contribution < 1.29 is 10.2 Å². The van der Waals surface area contributed by atoms with Gasteiger partial charge in [-0.05, 0) is 31.9 Å². The van der Waals surface area contributed by atoms with Crippen LogP contribution in [-0.4, -0.2) is 41.4 Å². The largest absolute Gasteiger partial charge is 0.394 e. The summed E-state index contributed by atoms with van der Waals surface area (Å²) in [5.41, 5.74) is 2.90. The molecule has 26 heavy (non-hydrogen) atoms. The van der Waals surface area contributed by atoms with Crippen LogP contribution in [-0.2, 0) is 19.5 Å². The summed E-state index contributed by atoms with van der Waals surface area (Å²) in [5.74, 6) is 1.14. The van der Waals surface area contributed by atoms with Crippen LogP contribution in [0.25, 0.3) is 0 Å². The summed E-state index contributed by atoms with van der Waals surface area (Å²) in [6.45, 7) is 5.17. The predicted molar refractivity (Wildman–Crippen MR) is 97.6 cm³/mol. The van der Waals surface area contributed by atoms with E-state index in [1.807, 2.05) is 48.9 Å². The number of hydrogen-bond donors (Lipinski definition) is 2. The molecular weight excluding hydrogens is 330 g/mol. The fourth-order valence-electron chi connectivity index (χ4n) is 3.04. The summed E-state index contributed by atoms with van der Waals surface area (Å²) in [5, 5.41) is 28.7. The number of nitrogens with zero attached hydrogens (tertiary/aromatic N) is 5. The summed E-state index contributed by atoms with van der Waals surface area (Å²) in [7, 11) is 0. The fraction of sp³-hybridized carbons (Fsp3) is 0.421. The molecule has 138 valence electrons. The van der Waals surface area contributed by atoms with Gasteiger partial charge in [-0.1, -0.05) is 30.3 Å². The van der Waals surface area contributed by atoms with Gasteiger partial charge < -0.3 is 10.2 Å². The molecule has 1 atom stereocenters. The number of aliphatic hydroxyl groups excluding tert-OH is 2. The number of rotatable bonds is 8. The molecule has 0 fully saturated rings. The highest BCUT2D eigenvalue weighted by Gasteiger charge is 2.18. The third-order valence-corrected chi connectivity index (χ3v) is 4.31. The van der Waals surface area contributed by atoms with Crippen LogP contribution in [0.1, 0.15) is 41.1 Å². The predicted octanol–water partition coefficient (Wildman–Crippen LogP) is 1.80. The van der Waals surface area contributed by atoms with Crippen molar-refractivity contribution in [2.75, 3.05) is 6.61 Å². The molecule has 7 nitrogen and oxygen atoms in total. The molecule has 1 aromatic carbocycles. The first-order valence-electron chi connectivity index (χ1n) is 8.87. The minimum atomic E-state index is -0.870. The molecule has 0 aliphatic carbocycles. The summed E-state index contributed by atoms with van der Waals surface area (Å²) in [6, 6.07) is 11.4. The van der Waals surface area contributed by atoms with Gasteiger partial charge in [-0.3, -0.25) is 4.68 Å². The molecule has 0 radical (unpaired) electrons. The molecule has 0 spiro atoms. The molecule has 2 heterocycles. The molecule has 0 aliphatic heterocycles. The molecule has 0 unspecified atom stereocenters. The summed E-state index contributed by atoms with van der Waals surface area (Å²) < 4.78 is 3.67. The maximum absolute atomic E-state index is 10.5. The van der Waals surface area contributed by atoms with Crippen LogP contribution in [0.4, 0.5) is 0 Å². The maximum Gasteiger partial charge on any atom is 0.183 e. The van der Waals surface area contributed by atoms with E-state index in [1.54, 1.807) is 4.68 Å². The van der Waals surface area contributed by atoms with Crippen LogP contribution >= 0.6 is 0 Å². The van der Waals surface area contributed by atoms with E-state index in [4.69, 9.17) is 0 Å². The van der Waals surface area contributed by atoms with E-state index < -0.39 is 6.10 Å². The van der Waals surface area contributed by atoms with Gasteiger partial charge in [0, 0.05) is 18.7 Å². The molecule has 0 saturated carbocycles. The van der Waals surface area contributed by atoms with Gasteiger partial charge in [0.1, 0.15) is 11.9 Å². The van der Waals surface area contributed by atoms with Crippen LogP contribution in [0.5, 0.6) is 0 Å². The number of aliphatic hydroxyl groups is 2. The van der Waals surface area contributed by atoms with Crippen molar-refractivity contribution in [3.05, 3.63) is 65.0 Å². The lowest BCUT2D eigenvalue weighted by Gasteiger charge is -2.05. The van der Waals surface area contributed by atoms with Gasteiger partial charge in [-0.2, -0.15) is 10.2 Å². The van der Waals surface area contributed by atoms with Gasteiger partial charge in [-0.25, -0.2) is 9.67 Å². The zero-order valence-corrected chi connectivity index (χ0v) is 15.2. The van der Waals surface area contributed by atoms with E-state index >= 15 is 0 Å². The van der Waals surface area contributed by atoms with Crippen LogP contribution in [0, 0.1) is 13.8 Å². The zero-order valence-electron chi connectivity index (χ0n) is 15.2. The Kier molecular flexibility index (Phi) is 5.80. The molecule has 3 rings (SSSR count). The van der Waals surface area contributed by atoms with Gasteiger partial charge in [0.2, 0.25) is 0 Å². The van der Waals surface area contributed by atoms with Gasteiger partial charge in [0.15, 0.2) is 5.82 Å². The van der Waals surface area contributed by atoms with Crippen molar-refractivity contribution in [1.29, 1.82) is 0 Å². The van der Waals surface area contributed by atoms with Gasteiger partial charge in [-0.15, -0.1) is 0 Å². The van der Waals surface area contributed by atoms with Crippen LogP contribution in [0.2, 0.25) is 0 Å². The molecule has 0 aliphatic rings. The Morgan fingerprint density at radius 3 is 2.46 bits per heavy atom. The number of benzene rings is 1. The molecule has 7 heteroatoms. The monoisotopic (exact) mass is 355 g/mol. The van der Waals surface area contributed by atoms with Crippen LogP contribution in [0.15, 0.2) is 36.4 Å². The van der Waals surface area contributed by atoms with Crippen LogP contribution < -0.4 is 0 Å². The summed E-state index contributed by atoms with van der Waals surface area (Å²) in [4.78, 5) is 4.53. The quantitative estimate of drug-likeness (QED) is 0.643. The zero-order chi connectivity index (χ0) is 18.5. The van der Waals surface area contributed by atoms with Crippen molar-refractivity contribution in [2.24, 2.45) is 0 Å². The SMILES string of the molecule is Cc1cc(C)n(CCCc2nc([C@H](O)c3ccccc3)nn2CCO)n1. The topological polar surface area (TPSA) is 89.0 Å². The number of hydrogen-bond acceptors (Lipinski definition) is 5. The molecule has 0 amide bonds. The third-order valence-electron chi connectivity index (χ3n) is 4.31. The standard InChI is InChI=1S/C19H25N5O2/c1-14-13-15(2)23(21-14)10-6-9-17-20-19(22-24(17)11-12-25)18(26)16-7-4-3-5-8-16/h3-5,7-8,13,18,25-26H,6,9-12H2,1-2H3/t18-/m1/s1. The number of aromatic nitrogens is 5. The second-order valence-electron chi connectivity index (χ2n) is 6.40. The van der Waals surface area contributed by atoms with E-state index in [-0.39, 0.29) is 6.61 Å². The smallest absolute Gasteiger partial charge is 0.183 e. The maximum atomic E-state index is 10.5. The van der Waals surface area contributed by atoms with E-state index in [9.17, 15) is 10.2 Å². The Balaban J connectivity index is 1.71. The van der Waals surface area contributed by atoms with Crippen molar-refractivity contribution in [3.63, 3.8) is 0 Å². The first-order chi connectivity index (χ1) is 12.6. The first kappa shape index (κ1) is 18.3. The van der Waals surface area contributed by atoms with Crippen molar-refractivity contribution in [2.45, 2.75) is 45.9 Å². The van der Waals surface area contributed by atoms with E-state index in [2.05, 4.69) is 21.2 Å². The molecule has 0 saturated heterocycles. The van der Waals surface area contributed by atoms with Crippen LogP contribution in [0.3, 0.4) is 0 Å². The Bertz CT molecular complexity index is 841. The minimum absolute atomic E-state index is 0.0192. The van der Waals surface area contributed by atoms with Gasteiger partial charge >= 0.3 is 0 Å². The highest BCUT2D eigenvalue weighted by Crippen LogP contribution is 2.19. The van der Waals surface area contributed by atoms with Crippen molar-refractivity contribution >= 4 is 0 Å². The second-order valence-corrected chi connectivity index (χ2v) is 6.40. The van der Waals surface area contributed by atoms with E-state index in [0.717, 1.165) is 35.7 Å². The lowest BCUT2D eigenvalue weighted by atomic mass is 10.1. The average Bonchev–Trinajstić information content (AvgIpc) is 3.18. The molecule has 3 aromatic rings. The van der Waals surface area contributed by atoms with Crippen molar-refractivity contribution in [3.8, 4) is 0 Å². The molecule has 2 N–H and O–H groups in total. The lowest BCUT2D eigenvalue weighted by Crippen LogP contribution is -2.11. The Morgan fingerprint density at radius 1 is 1.04 bits per heavy atom. The highest BCUT2D eigenvalue weighted by atomic mass is 16.3. The minimum Gasteiger partial charge on any atom is -0.394 e. The Morgan fingerprint density at radius 2 is 1.81 bits per heavy atom. The Labute approximate surface area is 152 Å². The van der Waals surface area contributed by atoms with Crippen molar-refractivity contribution in [1.82, 2.24) is 24.5 Å². The molecule has 0 bridgehead atoms. The first-order valence-corrected chi connectivity index (χ1v) is 8.87. The third kappa shape index (κ3) is 4.17. The number of aryl methyl sites for hydroxylation is 4. The normalized spacial score (nSPS) is 12.5. The summed E-state index contributed by atoms with van der Waals surface area (Å²) >= 11 is 0. The van der Waals surface area contributed by atoms with Gasteiger partial charge in [0.05, 0.1) is 18.8 Å². The summed E-state index contributed by atoms with van der Waals surface area (Å²) in [6.07, 6.45) is 0.686.